The highest BCUT2D eigenvalue weighted by Crippen LogP contribution is 2.18. The number of sulfonamides is 1. The standard InChI is InChI=1S/C28H38N4O3S/c1-5-30(6-2)15-17-32(18-16-31(7-3)8-4)36(34,35)22-13-14-23-21(19-22)20-26-24-11-9-10-12-25(24)28(33)29-27(23)26/h9-10,12-14,19-20H,5-8,11,15-18H2,1-4H3,(H,29,33). The summed E-state index contributed by atoms with van der Waals surface area (Å²) in [6, 6.07) is 5.28. The van der Waals surface area contributed by atoms with Gasteiger partial charge in [0.05, 0.1) is 10.2 Å². The molecule has 0 fully saturated rings. The molecule has 0 bridgehead atoms. The number of pyridine rings is 1. The minimum Gasteiger partial charge on any atom is -0.321 e. The van der Waals surface area contributed by atoms with Crippen LogP contribution in [-0.2, 0) is 16.4 Å². The summed E-state index contributed by atoms with van der Waals surface area (Å²) in [6.07, 6.45) is 8.49. The Balaban J connectivity index is 1.73. The first-order valence-electron chi connectivity index (χ1n) is 13.1. The maximum absolute atomic E-state index is 13.9. The molecule has 4 rings (SSSR count). The summed E-state index contributed by atoms with van der Waals surface area (Å²) in [7, 11) is -3.69. The lowest BCUT2D eigenvalue weighted by Gasteiger charge is -2.28. The number of hydrogen-bond acceptors (Lipinski definition) is 5. The highest BCUT2D eigenvalue weighted by molar-refractivity contribution is 7.89. The molecule has 8 heteroatoms. The number of fused-ring (bicyclic) bond motifs is 4. The zero-order valence-corrected chi connectivity index (χ0v) is 22.7. The number of aromatic nitrogens is 1. The largest absolute Gasteiger partial charge is 0.321 e. The summed E-state index contributed by atoms with van der Waals surface area (Å²) in [5.74, 6) is 0. The molecule has 0 spiro atoms. The summed E-state index contributed by atoms with van der Waals surface area (Å²) >= 11 is 0. The van der Waals surface area contributed by atoms with Crippen molar-refractivity contribution in [3.05, 3.63) is 72.8 Å². The van der Waals surface area contributed by atoms with E-state index in [9.17, 15) is 13.2 Å². The smallest absolute Gasteiger partial charge is 0.256 e. The highest BCUT2D eigenvalue weighted by Gasteiger charge is 2.26. The zero-order valence-electron chi connectivity index (χ0n) is 21.9. The molecule has 0 unspecified atom stereocenters. The third-order valence-corrected chi connectivity index (χ3v) is 9.37. The Kier molecular flexibility index (Phi) is 8.30. The number of rotatable bonds is 12. The van der Waals surface area contributed by atoms with Crippen molar-refractivity contribution < 1.29 is 8.42 Å². The van der Waals surface area contributed by atoms with Crippen molar-refractivity contribution in [2.24, 2.45) is 0 Å². The second-order valence-electron chi connectivity index (χ2n) is 9.29. The van der Waals surface area contributed by atoms with Crippen LogP contribution in [-0.4, -0.2) is 79.9 Å². The van der Waals surface area contributed by atoms with Gasteiger partial charge in [0, 0.05) is 42.2 Å². The maximum Gasteiger partial charge on any atom is 0.256 e. The average molecular weight is 511 g/mol. The highest BCUT2D eigenvalue weighted by atomic mass is 32.2. The second kappa shape index (κ2) is 11.3. The van der Waals surface area contributed by atoms with Crippen LogP contribution in [0.1, 0.15) is 38.8 Å². The topological polar surface area (TPSA) is 76.7 Å². The molecule has 2 aromatic rings. The monoisotopic (exact) mass is 510 g/mol. The van der Waals surface area contributed by atoms with E-state index in [-0.39, 0.29) is 5.56 Å². The van der Waals surface area contributed by atoms with Crippen molar-refractivity contribution in [1.82, 2.24) is 19.1 Å². The predicted molar refractivity (Wildman–Crippen MR) is 146 cm³/mol. The van der Waals surface area contributed by atoms with Crippen molar-refractivity contribution >= 4 is 22.2 Å². The lowest BCUT2D eigenvalue weighted by atomic mass is 10.0. The van der Waals surface area contributed by atoms with E-state index in [0.717, 1.165) is 53.1 Å². The first kappa shape index (κ1) is 26.5. The van der Waals surface area contributed by atoms with Crippen LogP contribution >= 0.6 is 0 Å². The number of aromatic amines is 1. The molecule has 0 amide bonds. The number of H-pyrrole nitrogens is 1. The van der Waals surface area contributed by atoms with Crippen LogP contribution in [0.3, 0.4) is 0 Å². The van der Waals surface area contributed by atoms with E-state index in [0.29, 0.717) is 42.7 Å². The molecule has 2 aliphatic rings. The Labute approximate surface area is 213 Å². The molecule has 0 saturated heterocycles. The summed E-state index contributed by atoms with van der Waals surface area (Å²) in [6.45, 7) is 14.3. The van der Waals surface area contributed by atoms with Gasteiger partial charge in [-0.25, -0.2) is 8.42 Å². The number of allylic oxidation sites excluding steroid dienone is 2. The number of nitrogens with one attached hydrogen (secondary N) is 1. The Morgan fingerprint density at radius 3 is 2.17 bits per heavy atom. The van der Waals surface area contributed by atoms with E-state index in [4.69, 9.17) is 0 Å². The van der Waals surface area contributed by atoms with E-state index in [1.54, 1.807) is 16.4 Å². The Morgan fingerprint density at radius 1 is 0.917 bits per heavy atom. The molecule has 0 radical (unpaired) electrons. The Morgan fingerprint density at radius 2 is 1.56 bits per heavy atom. The van der Waals surface area contributed by atoms with E-state index in [1.165, 1.54) is 0 Å². The lowest BCUT2D eigenvalue weighted by molar-refractivity contribution is 0.241. The molecular formula is C28H38N4O3S. The normalized spacial score (nSPS) is 14.1. The van der Waals surface area contributed by atoms with Gasteiger partial charge in [-0.1, -0.05) is 45.9 Å². The number of hydrogen-bond donors (Lipinski definition) is 1. The molecule has 2 aliphatic carbocycles. The van der Waals surface area contributed by atoms with Gasteiger partial charge in [-0.15, -0.1) is 0 Å². The average Bonchev–Trinajstić information content (AvgIpc) is 3.26. The number of benzene rings is 1. The Hall–Kier alpha value is -2.52. The van der Waals surface area contributed by atoms with Gasteiger partial charge < -0.3 is 14.8 Å². The minimum atomic E-state index is -3.69. The first-order chi connectivity index (χ1) is 17.3. The molecule has 0 saturated carbocycles. The van der Waals surface area contributed by atoms with E-state index >= 15 is 0 Å². The minimum absolute atomic E-state index is 0.106. The third-order valence-electron chi connectivity index (χ3n) is 7.47. The lowest BCUT2D eigenvalue weighted by Crippen LogP contribution is -2.43. The summed E-state index contributed by atoms with van der Waals surface area (Å²) in [4.78, 5) is 20.5. The van der Waals surface area contributed by atoms with E-state index < -0.39 is 10.0 Å². The maximum atomic E-state index is 13.9. The molecular weight excluding hydrogens is 472 g/mol. The van der Waals surface area contributed by atoms with Crippen molar-refractivity contribution in [2.75, 3.05) is 52.4 Å². The summed E-state index contributed by atoms with van der Waals surface area (Å²) < 4.78 is 29.4. The third kappa shape index (κ3) is 5.13. The van der Waals surface area contributed by atoms with Crippen molar-refractivity contribution in [2.45, 2.75) is 39.0 Å². The summed E-state index contributed by atoms with van der Waals surface area (Å²) in [5, 5.41) is 3.17. The zero-order chi connectivity index (χ0) is 25.9. The van der Waals surface area contributed by atoms with Crippen LogP contribution in [0.4, 0.5) is 0 Å². The van der Waals surface area contributed by atoms with Gasteiger partial charge >= 0.3 is 0 Å². The molecule has 7 nitrogen and oxygen atoms in total. The SMILES string of the molecule is CCN(CC)CCN(CCN(CC)CC)S(=O)(=O)c1ccc2c(c1)=Cc1c3c(c(=O)[nH]c1=2)=CC=CC3. The fourth-order valence-corrected chi connectivity index (χ4v) is 6.55. The van der Waals surface area contributed by atoms with Crippen LogP contribution in [0, 0.1) is 10.6 Å². The molecule has 1 N–H and O–H groups in total. The molecule has 1 aromatic heterocycles. The number of likely N-dealkylation sites (N-methyl/N-ethyl adjacent to an activating group) is 2. The molecule has 1 heterocycles. The fourth-order valence-electron chi connectivity index (χ4n) is 5.09. The molecule has 0 aliphatic heterocycles. The fraction of sp³-hybridized carbons (Fsp3) is 0.464. The van der Waals surface area contributed by atoms with Gasteiger partial charge in [-0.05, 0) is 67.7 Å². The molecule has 1 aromatic carbocycles. The molecule has 36 heavy (non-hydrogen) atoms. The molecule has 0 atom stereocenters. The first-order valence-corrected chi connectivity index (χ1v) is 14.5. The quantitative estimate of drug-likeness (QED) is 0.398. The Bertz CT molecular complexity index is 1500. The number of nitrogens with zero attached hydrogens (tertiary/aromatic N) is 3. The van der Waals surface area contributed by atoms with Gasteiger partial charge in [-0.3, -0.25) is 4.79 Å². The second-order valence-corrected chi connectivity index (χ2v) is 11.2. The van der Waals surface area contributed by atoms with Gasteiger partial charge in [0.15, 0.2) is 0 Å². The predicted octanol–water partition coefficient (Wildman–Crippen LogP) is 1.37. The van der Waals surface area contributed by atoms with Crippen LogP contribution in [0.25, 0.3) is 12.2 Å². The molecule has 194 valence electrons. The van der Waals surface area contributed by atoms with Crippen LogP contribution < -0.4 is 16.0 Å². The van der Waals surface area contributed by atoms with Crippen molar-refractivity contribution in [1.29, 1.82) is 0 Å². The van der Waals surface area contributed by atoms with Crippen molar-refractivity contribution in [3.63, 3.8) is 0 Å². The summed E-state index contributed by atoms with van der Waals surface area (Å²) in [5.41, 5.74) is 1.87. The van der Waals surface area contributed by atoms with Gasteiger partial charge in [0.1, 0.15) is 0 Å². The van der Waals surface area contributed by atoms with Crippen LogP contribution in [0.2, 0.25) is 0 Å². The van der Waals surface area contributed by atoms with Crippen LogP contribution in [0.5, 0.6) is 0 Å². The van der Waals surface area contributed by atoms with Crippen molar-refractivity contribution in [3.8, 4) is 0 Å². The van der Waals surface area contributed by atoms with Gasteiger partial charge in [-0.2, -0.15) is 4.31 Å². The van der Waals surface area contributed by atoms with Crippen LogP contribution in [0.15, 0.2) is 40.0 Å². The van der Waals surface area contributed by atoms with E-state index in [1.807, 2.05) is 30.4 Å². The van der Waals surface area contributed by atoms with E-state index in [2.05, 4.69) is 42.5 Å². The van der Waals surface area contributed by atoms with Gasteiger partial charge in [0.25, 0.3) is 5.56 Å². The van der Waals surface area contributed by atoms with Gasteiger partial charge in [0.2, 0.25) is 10.0 Å².